The standard InChI is InChI=1S/C14H19N3O4/c1-21-14(20)6-7-15-12(18)9-17-13(19)8-10-4-2-3-5-11(10)16-17/h8H,2-7,9H2,1H3,(H,15,18). The number of aromatic nitrogens is 2. The molecule has 0 saturated carbocycles. The molecular formula is C14H19N3O4. The van der Waals surface area contributed by atoms with Crippen molar-refractivity contribution in [2.24, 2.45) is 0 Å². The molecule has 0 aliphatic heterocycles. The number of amides is 1. The molecule has 1 aromatic rings. The van der Waals surface area contributed by atoms with Gasteiger partial charge in [0.1, 0.15) is 6.54 Å². The number of nitrogens with zero attached hydrogens (tertiary/aromatic N) is 2. The van der Waals surface area contributed by atoms with E-state index in [0.29, 0.717) is 0 Å². The number of nitrogens with one attached hydrogen (secondary N) is 1. The van der Waals surface area contributed by atoms with E-state index in [1.165, 1.54) is 11.8 Å². The lowest BCUT2D eigenvalue weighted by atomic mass is 9.97. The van der Waals surface area contributed by atoms with Crippen LogP contribution in [0.3, 0.4) is 0 Å². The molecule has 0 aromatic carbocycles. The number of aryl methyl sites for hydroxylation is 2. The molecule has 1 N–H and O–H groups in total. The van der Waals surface area contributed by atoms with Crippen molar-refractivity contribution >= 4 is 11.9 Å². The molecule has 7 heteroatoms. The van der Waals surface area contributed by atoms with Gasteiger partial charge in [0.15, 0.2) is 0 Å². The van der Waals surface area contributed by atoms with Crippen LogP contribution >= 0.6 is 0 Å². The van der Waals surface area contributed by atoms with Gasteiger partial charge in [-0.15, -0.1) is 0 Å². The molecule has 0 bridgehead atoms. The van der Waals surface area contributed by atoms with Gasteiger partial charge in [-0.1, -0.05) is 0 Å². The number of carbonyl (C=O) groups is 2. The summed E-state index contributed by atoms with van der Waals surface area (Å²) >= 11 is 0. The Hall–Kier alpha value is -2.18. The van der Waals surface area contributed by atoms with E-state index in [1.54, 1.807) is 6.07 Å². The Morgan fingerprint density at radius 2 is 2.14 bits per heavy atom. The monoisotopic (exact) mass is 293 g/mol. The second-order valence-electron chi connectivity index (χ2n) is 5.00. The summed E-state index contributed by atoms with van der Waals surface area (Å²) in [5.41, 5.74) is 1.63. The molecule has 0 spiro atoms. The molecule has 2 rings (SSSR count). The van der Waals surface area contributed by atoms with Crippen molar-refractivity contribution in [2.45, 2.75) is 38.6 Å². The Morgan fingerprint density at radius 3 is 2.90 bits per heavy atom. The number of hydrogen-bond donors (Lipinski definition) is 1. The average Bonchev–Trinajstić information content (AvgIpc) is 2.47. The van der Waals surface area contributed by atoms with Crippen molar-refractivity contribution in [1.29, 1.82) is 0 Å². The Balaban J connectivity index is 1.94. The van der Waals surface area contributed by atoms with Crippen molar-refractivity contribution in [2.75, 3.05) is 13.7 Å². The van der Waals surface area contributed by atoms with Crippen LogP contribution in [0.25, 0.3) is 0 Å². The minimum atomic E-state index is -0.389. The number of fused-ring (bicyclic) bond motifs is 1. The number of ether oxygens (including phenoxy) is 1. The normalized spacial score (nSPS) is 13.4. The zero-order chi connectivity index (χ0) is 15.2. The van der Waals surface area contributed by atoms with Crippen molar-refractivity contribution in [3.63, 3.8) is 0 Å². The molecular weight excluding hydrogens is 274 g/mol. The molecule has 7 nitrogen and oxygen atoms in total. The first-order valence-electron chi connectivity index (χ1n) is 7.03. The van der Waals surface area contributed by atoms with Gasteiger partial charge in [0.25, 0.3) is 5.56 Å². The Morgan fingerprint density at radius 1 is 1.38 bits per heavy atom. The number of hydrogen-bond acceptors (Lipinski definition) is 5. The summed E-state index contributed by atoms with van der Waals surface area (Å²) in [4.78, 5) is 34.6. The van der Waals surface area contributed by atoms with Gasteiger partial charge in [0, 0.05) is 12.6 Å². The molecule has 1 aliphatic carbocycles. The van der Waals surface area contributed by atoms with Crippen LogP contribution in [-0.4, -0.2) is 35.3 Å². The summed E-state index contributed by atoms with van der Waals surface area (Å²) in [5.74, 6) is -0.733. The smallest absolute Gasteiger partial charge is 0.307 e. The van der Waals surface area contributed by atoms with Crippen LogP contribution in [0.2, 0.25) is 0 Å². The lowest BCUT2D eigenvalue weighted by molar-refractivity contribution is -0.140. The van der Waals surface area contributed by atoms with Crippen LogP contribution in [-0.2, 0) is 33.7 Å². The highest BCUT2D eigenvalue weighted by Gasteiger charge is 2.14. The minimum Gasteiger partial charge on any atom is -0.469 e. The summed E-state index contributed by atoms with van der Waals surface area (Å²) < 4.78 is 5.65. The molecule has 0 fully saturated rings. The highest BCUT2D eigenvalue weighted by atomic mass is 16.5. The molecule has 0 saturated heterocycles. The number of methoxy groups -OCH3 is 1. The van der Waals surface area contributed by atoms with Crippen molar-refractivity contribution in [3.8, 4) is 0 Å². The molecule has 1 aliphatic rings. The predicted molar refractivity (Wildman–Crippen MR) is 74.8 cm³/mol. The average molecular weight is 293 g/mol. The van der Waals surface area contributed by atoms with Crippen LogP contribution in [0.15, 0.2) is 10.9 Å². The van der Waals surface area contributed by atoms with E-state index in [4.69, 9.17) is 0 Å². The highest BCUT2D eigenvalue weighted by Crippen LogP contribution is 2.16. The third kappa shape index (κ3) is 4.14. The molecule has 1 amide bonds. The van der Waals surface area contributed by atoms with Gasteiger partial charge in [-0.25, -0.2) is 4.68 Å². The van der Waals surface area contributed by atoms with Crippen LogP contribution in [0.5, 0.6) is 0 Å². The van der Waals surface area contributed by atoms with Crippen LogP contribution < -0.4 is 10.9 Å². The third-order valence-corrected chi connectivity index (χ3v) is 3.45. The number of rotatable bonds is 5. The molecule has 114 valence electrons. The second-order valence-corrected chi connectivity index (χ2v) is 5.00. The largest absolute Gasteiger partial charge is 0.469 e. The topological polar surface area (TPSA) is 90.3 Å². The summed E-state index contributed by atoms with van der Waals surface area (Å²) in [6.45, 7) is 0.0541. The van der Waals surface area contributed by atoms with Crippen LogP contribution in [0.4, 0.5) is 0 Å². The number of carbonyl (C=O) groups excluding carboxylic acids is 2. The Kier molecular flexibility index (Phi) is 5.08. The van der Waals surface area contributed by atoms with Crippen molar-refractivity contribution in [1.82, 2.24) is 15.1 Å². The second kappa shape index (κ2) is 7.01. The van der Waals surface area contributed by atoms with E-state index in [-0.39, 0.29) is 36.9 Å². The molecule has 1 aromatic heterocycles. The van der Waals surface area contributed by atoms with E-state index >= 15 is 0 Å². The lowest BCUT2D eigenvalue weighted by Gasteiger charge is -2.15. The van der Waals surface area contributed by atoms with Crippen LogP contribution in [0.1, 0.15) is 30.5 Å². The molecule has 0 unspecified atom stereocenters. The van der Waals surface area contributed by atoms with Gasteiger partial charge in [-0.05, 0) is 31.2 Å². The Labute approximate surface area is 122 Å². The zero-order valence-electron chi connectivity index (χ0n) is 12.1. The van der Waals surface area contributed by atoms with Gasteiger partial charge < -0.3 is 10.1 Å². The summed E-state index contributed by atoms with van der Waals surface area (Å²) in [6.07, 6.45) is 3.97. The first-order chi connectivity index (χ1) is 10.1. The third-order valence-electron chi connectivity index (χ3n) is 3.45. The van der Waals surface area contributed by atoms with Gasteiger partial charge in [-0.3, -0.25) is 14.4 Å². The first kappa shape index (κ1) is 15.2. The lowest BCUT2D eigenvalue weighted by Crippen LogP contribution is -2.35. The molecule has 1 heterocycles. The van der Waals surface area contributed by atoms with E-state index < -0.39 is 0 Å². The van der Waals surface area contributed by atoms with Gasteiger partial charge in [0.2, 0.25) is 5.91 Å². The van der Waals surface area contributed by atoms with Gasteiger partial charge in [0.05, 0.1) is 19.2 Å². The molecule has 0 atom stereocenters. The maximum Gasteiger partial charge on any atom is 0.307 e. The van der Waals surface area contributed by atoms with E-state index in [1.807, 2.05) is 0 Å². The van der Waals surface area contributed by atoms with Crippen molar-refractivity contribution in [3.05, 3.63) is 27.7 Å². The van der Waals surface area contributed by atoms with E-state index in [2.05, 4.69) is 15.2 Å². The first-order valence-corrected chi connectivity index (χ1v) is 7.03. The van der Waals surface area contributed by atoms with Crippen LogP contribution in [0, 0.1) is 0 Å². The van der Waals surface area contributed by atoms with Gasteiger partial charge >= 0.3 is 5.97 Å². The van der Waals surface area contributed by atoms with E-state index in [9.17, 15) is 14.4 Å². The van der Waals surface area contributed by atoms with E-state index in [0.717, 1.165) is 36.9 Å². The SMILES string of the molecule is COC(=O)CCNC(=O)Cn1nc2c(cc1=O)CCCC2. The van der Waals surface area contributed by atoms with Gasteiger partial charge in [-0.2, -0.15) is 5.10 Å². The minimum absolute atomic E-state index is 0.106. The number of esters is 1. The fraction of sp³-hybridized carbons (Fsp3) is 0.571. The summed E-state index contributed by atoms with van der Waals surface area (Å²) in [7, 11) is 1.29. The zero-order valence-corrected chi connectivity index (χ0v) is 12.1. The summed E-state index contributed by atoms with van der Waals surface area (Å²) in [6, 6.07) is 1.57. The molecule has 0 radical (unpaired) electrons. The Bertz CT molecular complexity index is 594. The fourth-order valence-corrected chi connectivity index (χ4v) is 2.31. The summed E-state index contributed by atoms with van der Waals surface area (Å²) in [5, 5.41) is 6.83. The maximum atomic E-state index is 11.9. The predicted octanol–water partition coefficient (Wildman–Crippen LogP) is -0.199. The maximum absolute atomic E-state index is 11.9. The quantitative estimate of drug-likeness (QED) is 0.759. The highest BCUT2D eigenvalue weighted by molar-refractivity contribution is 5.76. The van der Waals surface area contributed by atoms with Crippen molar-refractivity contribution < 1.29 is 14.3 Å². The molecule has 21 heavy (non-hydrogen) atoms. The fourth-order valence-electron chi connectivity index (χ4n) is 2.31.